The lowest BCUT2D eigenvalue weighted by atomic mass is 10.1. The van der Waals surface area contributed by atoms with Gasteiger partial charge in [-0.3, -0.25) is 0 Å². The Morgan fingerprint density at radius 3 is 2.76 bits per heavy atom. The van der Waals surface area contributed by atoms with E-state index in [4.69, 9.17) is 11.6 Å². The first-order valence-corrected chi connectivity index (χ1v) is 6.41. The highest BCUT2D eigenvalue weighted by atomic mass is 35.5. The molecule has 1 heterocycles. The number of hydrogen-bond donors (Lipinski definition) is 1. The number of urea groups is 1. The number of likely N-dealkylation sites (tertiary alicyclic amines) is 1. The molecule has 0 spiro atoms. The molecule has 17 heavy (non-hydrogen) atoms. The average Bonchev–Trinajstić information content (AvgIpc) is 2.37. The third-order valence-corrected chi connectivity index (χ3v) is 3.21. The molecule has 0 atom stereocenters. The number of benzene rings is 1. The minimum atomic E-state index is 0.0321. The molecule has 92 valence electrons. The van der Waals surface area contributed by atoms with Gasteiger partial charge >= 0.3 is 6.03 Å². The summed E-state index contributed by atoms with van der Waals surface area (Å²) >= 11 is 5.89. The first-order chi connectivity index (χ1) is 8.25. The maximum Gasteiger partial charge on any atom is 0.317 e. The van der Waals surface area contributed by atoms with Gasteiger partial charge in [-0.15, -0.1) is 0 Å². The number of amides is 2. The molecule has 0 aliphatic carbocycles. The molecule has 4 heteroatoms. The topological polar surface area (TPSA) is 32.3 Å². The second-order valence-electron chi connectivity index (χ2n) is 4.34. The highest BCUT2D eigenvalue weighted by molar-refractivity contribution is 6.30. The van der Waals surface area contributed by atoms with Crippen LogP contribution >= 0.6 is 11.6 Å². The van der Waals surface area contributed by atoms with Crippen LogP contribution in [0.5, 0.6) is 0 Å². The molecule has 1 aromatic carbocycles. The molecule has 0 bridgehead atoms. The molecule has 1 aromatic rings. The van der Waals surface area contributed by atoms with Crippen LogP contribution in [0.2, 0.25) is 5.02 Å². The fourth-order valence-corrected chi connectivity index (χ4v) is 2.25. The van der Waals surface area contributed by atoms with Crippen LogP contribution in [0.1, 0.15) is 24.8 Å². The smallest absolute Gasteiger partial charge is 0.317 e. The maximum absolute atomic E-state index is 11.8. The monoisotopic (exact) mass is 252 g/mol. The van der Waals surface area contributed by atoms with Gasteiger partial charge in [0.15, 0.2) is 0 Å². The van der Waals surface area contributed by atoms with Crippen LogP contribution < -0.4 is 5.32 Å². The number of carbonyl (C=O) groups excluding carboxylic acids is 1. The molecule has 1 saturated heterocycles. The summed E-state index contributed by atoms with van der Waals surface area (Å²) < 4.78 is 0. The van der Waals surface area contributed by atoms with Crippen molar-refractivity contribution in [3.05, 3.63) is 34.9 Å². The van der Waals surface area contributed by atoms with Gasteiger partial charge in [0.25, 0.3) is 0 Å². The Hall–Kier alpha value is -1.22. The molecule has 1 N–H and O–H groups in total. The van der Waals surface area contributed by atoms with E-state index in [9.17, 15) is 4.79 Å². The van der Waals surface area contributed by atoms with E-state index in [2.05, 4.69) is 5.32 Å². The van der Waals surface area contributed by atoms with Crippen LogP contribution in [-0.4, -0.2) is 24.0 Å². The SMILES string of the molecule is O=C(NCc1cccc(Cl)c1)N1CCCCC1. The van der Waals surface area contributed by atoms with Crippen molar-refractivity contribution in [2.24, 2.45) is 0 Å². The molecule has 3 nitrogen and oxygen atoms in total. The van der Waals surface area contributed by atoms with E-state index in [1.165, 1.54) is 6.42 Å². The Balaban J connectivity index is 1.83. The van der Waals surface area contributed by atoms with Crippen LogP contribution in [0.25, 0.3) is 0 Å². The van der Waals surface area contributed by atoms with E-state index in [0.717, 1.165) is 31.5 Å². The summed E-state index contributed by atoms with van der Waals surface area (Å²) in [5.74, 6) is 0. The third-order valence-electron chi connectivity index (χ3n) is 2.98. The second-order valence-corrected chi connectivity index (χ2v) is 4.77. The normalized spacial score (nSPS) is 15.7. The Labute approximate surface area is 107 Å². The summed E-state index contributed by atoms with van der Waals surface area (Å²) in [4.78, 5) is 13.7. The predicted molar refractivity (Wildman–Crippen MR) is 69.1 cm³/mol. The first-order valence-electron chi connectivity index (χ1n) is 6.03. The first kappa shape index (κ1) is 12.2. The molecule has 1 aliphatic rings. The summed E-state index contributed by atoms with van der Waals surface area (Å²) in [7, 11) is 0. The van der Waals surface area contributed by atoms with Gasteiger partial charge in [0, 0.05) is 24.7 Å². The number of piperidine rings is 1. The fourth-order valence-electron chi connectivity index (χ4n) is 2.03. The molecule has 0 aromatic heterocycles. The van der Waals surface area contributed by atoms with Crippen LogP contribution in [0.15, 0.2) is 24.3 Å². The largest absolute Gasteiger partial charge is 0.334 e. The van der Waals surface area contributed by atoms with E-state index in [1.54, 1.807) is 0 Å². The standard InChI is InChI=1S/C13H17ClN2O/c14-12-6-4-5-11(9-12)10-15-13(17)16-7-2-1-3-8-16/h4-6,9H,1-3,7-8,10H2,(H,15,17). The van der Waals surface area contributed by atoms with Gasteiger partial charge in [0.2, 0.25) is 0 Å². The predicted octanol–water partition coefficient (Wildman–Crippen LogP) is 3.04. The highest BCUT2D eigenvalue weighted by Crippen LogP contribution is 2.11. The summed E-state index contributed by atoms with van der Waals surface area (Å²) in [6, 6.07) is 7.59. The van der Waals surface area contributed by atoms with Crippen molar-refractivity contribution in [1.29, 1.82) is 0 Å². The van der Waals surface area contributed by atoms with Crippen molar-refractivity contribution in [3.8, 4) is 0 Å². The van der Waals surface area contributed by atoms with Gasteiger partial charge < -0.3 is 10.2 Å². The zero-order valence-electron chi connectivity index (χ0n) is 9.79. The summed E-state index contributed by atoms with van der Waals surface area (Å²) in [6.07, 6.45) is 3.47. The summed E-state index contributed by atoms with van der Waals surface area (Å²) in [5.41, 5.74) is 1.03. The molecule has 0 unspecified atom stereocenters. The lowest BCUT2D eigenvalue weighted by Crippen LogP contribution is -2.42. The Morgan fingerprint density at radius 1 is 1.29 bits per heavy atom. The number of nitrogens with zero attached hydrogens (tertiary/aromatic N) is 1. The average molecular weight is 253 g/mol. The number of carbonyl (C=O) groups is 1. The van der Waals surface area contributed by atoms with Gasteiger partial charge in [0.1, 0.15) is 0 Å². The number of nitrogens with one attached hydrogen (secondary N) is 1. The number of rotatable bonds is 2. The Bertz CT molecular complexity index is 389. The van der Waals surface area contributed by atoms with Crippen LogP contribution in [0.4, 0.5) is 4.79 Å². The molecular formula is C13H17ClN2O. The summed E-state index contributed by atoms with van der Waals surface area (Å²) in [5, 5.41) is 3.63. The molecule has 1 fully saturated rings. The quantitative estimate of drug-likeness (QED) is 0.862. The number of hydrogen-bond acceptors (Lipinski definition) is 1. The fraction of sp³-hybridized carbons (Fsp3) is 0.462. The minimum Gasteiger partial charge on any atom is -0.334 e. The van der Waals surface area contributed by atoms with Crippen LogP contribution in [0, 0.1) is 0 Å². The van der Waals surface area contributed by atoms with Crippen molar-refractivity contribution in [2.45, 2.75) is 25.8 Å². The van der Waals surface area contributed by atoms with Gasteiger partial charge in [0.05, 0.1) is 0 Å². The molecule has 2 amide bonds. The maximum atomic E-state index is 11.8. The van der Waals surface area contributed by atoms with E-state index in [-0.39, 0.29) is 6.03 Å². The van der Waals surface area contributed by atoms with Gasteiger partial charge in [-0.05, 0) is 37.0 Å². The van der Waals surface area contributed by atoms with E-state index in [0.29, 0.717) is 11.6 Å². The van der Waals surface area contributed by atoms with Crippen molar-refractivity contribution < 1.29 is 4.79 Å². The van der Waals surface area contributed by atoms with Crippen molar-refractivity contribution in [3.63, 3.8) is 0 Å². The van der Waals surface area contributed by atoms with E-state index in [1.807, 2.05) is 29.2 Å². The van der Waals surface area contributed by atoms with Gasteiger partial charge in [-0.1, -0.05) is 23.7 Å². The third kappa shape index (κ3) is 3.63. The van der Waals surface area contributed by atoms with Gasteiger partial charge in [-0.2, -0.15) is 0 Å². The zero-order chi connectivity index (χ0) is 12.1. The zero-order valence-corrected chi connectivity index (χ0v) is 10.5. The second kappa shape index (κ2) is 5.92. The van der Waals surface area contributed by atoms with Crippen molar-refractivity contribution in [1.82, 2.24) is 10.2 Å². The van der Waals surface area contributed by atoms with Gasteiger partial charge in [-0.25, -0.2) is 4.79 Å². The lowest BCUT2D eigenvalue weighted by Gasteiger charge is -2.26. The summed E-state index contributed by atoms with van der Waals surface area (Å²) in [6.45, 7) is 2.29. The van der Waals surface area contributed by atoms with Crippen LogP contribution in [0.3, 0.4) is 0 Å². The molecule has 2 rings (SSSR count). The number of halogens is 1. The lowest BCUT2D eigenvalue weighted by molar-refractivity contribution is 0.186. The van der Waals surface area contributed by atoms with E-state index < -0.39 is 0 Å². The molecular weight excluding hydrogens is 236 g/mol. The Kier molecular flexibility index (Phi) is 4.26. The molecule has 1 aliphatic heterocycles. The molecule has 0 saturated carbocycles. The van der Waals surface area contributed by atoms with Crippen LogP contribution in [-0.2, 0) is 6.54 Å². The van der Waals surface area contributed by atoms with Crippen molar-refractivity contribution in [2.75, 3.05) is 13.1 Å². The Morgan fingerprint density at radius 2 is 2.06 bits per heavy atom. The van der Waals surface area contributed by atoms with E-state index >= 15 is 0 Å². The van der Waals surface area contributed by atoms with Crippen molar-refractivity contribution >= 4 is 17.6 Å². The minimum absolute atomic E-state index is 0.0321. The highest BCUT2D eigenvalue weighted by Gasteiger charge is 2.15. The molecule has 0 radical (unpaired) electrons.